The number of alkyl carbamates (subject to hydrolysis) is 1. The van der Waals surface area contributed by atoms with Gasteiger partial charge in [0.1, 0.15) is 0 Å². The first-order chi connectivity index (χ1) is 17.3. The van der Waals surface area contributed by atoms with E-state index in [0.717, 1.165) is 47.5 Å². The van der Waals surface area contributed by atoms with E-state index < -0.39 is 35.5 Å². The Labute approximate surface area is 207 Å². The van der Waals surface area contributed by atoms with Gasteiger partial charge in [-0.05, 0) is 71.5 Å². The molecule has 3 aromatic rings. The van der Waals surface area contributed by atoms with Gasteiger partial charge in [0.25, 0.3) is 5.91 Å². The second kappa shape index (κ2) is 9.79. The third kappa shape index (κ3) is 5.87. The molecule has 2 amide bonds. The molecule has 0 saturated carbocycles. The average Bonchev–Trinajstić information content (AvgIpc) is 3.24. The number of carbonyl (C=O) groups is 2. The smallest absolute Gasteiger partial charge is 0.416 e. The molecule has 0 saturated heterocycles. The highest BCUT2D eigenvalue weighted by Crippen LogP contribution is 2.36. The standard InChI is InChI=1S/C26H20F6N2O3/c1-37-24(36)34-20-10-15-4-8-19(11-16(15)12-20)33-23(35)22-13-18(26(30,31)32)7-9-21(22)14-2-5-17(6-3-14)25(27,28)29/h2-9,11,13,20H,10,12H2,1H3,(H,33,35)(H,34,36)/t20-/m1/s1. The molecule has 1 aliphatic rings. The van der Waals surface area contributed by atoms with Gasteiger partial charge in [-0.2, -0.15) is 26.3 Å². The van der Waals surface area contributed by atoms with Crippen molar-refractivity contribution >= 4 is 17.7 Å². The molecule has 0 aliphatic heterocycles. The Morgan fingerprint density at radius 2 is 1.43 bits per heavy atom. The highest BCUT2D eigenvalue weighted by atomic mass is 19.4. The number of fused-ring (bicyclic) bond motifs is 1. The van der Waals surface area contributed by atoms with Crippen LogP contribution in [0.15, 0.2) is 60.7 Å². The predicted molar refractivity (Wildman–Crippen MR) is 123 cm³/mol. The Kier molecular flexibility index (Phi) is 6.90. The van der Waals surface area contributed by atoms with Crippen molar-refractivity contribution in [2.24, 2.45) is 0 Å². The summed E-state index contributed by atoms with van der Waals surface area (Å²) in [6, 6.07) is 11.1. The Bertz CT molecular complexity index is 1330. The van der Waals surface area contributed by atoms with Gasteiger partial charge >= 0.3 is 18.4 Å². The van der Waals surface area contributed by atoms with Gasteiger partial charge in [0.2, 0.25) is 0 Å². The van der Waals surface area contributed by atoms with Crippen molar-refractivity contribution in [1.29, 1.82) is 0 Å². The summed E-state index contributed by atoms with van der Waals surface area (Å²) in [4.78, 5) is 24.6. The van der Waals surface area contributed by atoms with Crippen LogP contribution in [0.25, 0.3) is 11.1 Å². The van der Waals surface area contributed by atoms with Crippen LogP contribution in [-0.4, -0.2) is 25.2 Å². The fourth-order valence-electron chi connectivity index (χ4n) is 4.22. The molecule has 1 atom stereocenters. The number of anilines is 1. The van der Waals surface area contributed by atoms with Crippen LogP contribution in [0.5, 0.6) is 0 Å². The first-order valence-electron chi connectivity index (χ1n) is 11.0. The highest BCUT2D eigenvalue weighted by Gasteiger charge is 2.33. The topological polar surface area (TPSA) is 67.4 Å². The van der Waals surface area contributed by atoms with Gasteiger partial charge in [-0.1, -0.05) is 24.3 Å². The second-order valence-electron chi connectivity index (χ2n) is 8.51. The number of methoxy groups -OCH3 is 1. The lowest BCUT2D eigenvalue weighted by Crippen LogP contribution is -2.35. The number of ether oxygens (including phenoxy) is 1. The highest BCUT2D eigenvalue weighted by molar-refractivity contribution is 6.09. The number of amides is 2. The number of benzene rings is 3. The van der Waals surface area contributed by atoms with Crippen molar-refractivity contribution < 1.29 is 40.7 Å². The minimum absolute atomic E-state index is 0.0442. The zero-order valence-corrected chi connectivity index (χ0v) is 19.3. The molecule has 4 rings (SSSR count). The molecule has 2 N–H and O–H groups in total. The normalized spacial score (nSPS) is 15.2. The van der Waals surface area contributed by atoms with Crippen LogP contribution in [0, 0.1) is 0 Å². The third-order valence-corrected chi connectivity index (χ3v) is 6.02. The van der Waals surface area contributed by atoms with Crippen LogP contribution in [0.2, 0.25) is 0 Å². The Hall–Kier alpha value is -4.02. The zero-order valence-electron chi connectivity index (χ0n) is 19.3. The molecule has 0 aromatic heterocycles. The van der Waals surface area contributed by atoms with Gasteiger partial charge in [0.05, 0.1) is 18.2 Å². The summed E-state index contributed by atoms with van der Waals surface area (Å²) < 4.78 is 83.6. The van der Waals surface area contributed by atoms with Crippen LogP contribution < -0.4 is 10.6 Å². The maximum atomic E-state index is 13.4. The van der Waals surface area contributed by atoms with E-state index in [0.29, 0.717) is 24.6 Å². The maximum absolute atomic E-state index is 13.4. The second-order valence-corrected chi connectivity index (χ2v) is 8.51. The quantitative estimate of drug-likeness (QED) is 0.386. The number of carbonyl (C=O) groups excluding carboxylic acids is 2. The Balaban J connectivity index is 1.63. The molecule has 11 heteroatoms. The van der Waals surface area contributed by atoms with Crippen molar-refractivity contribution in [3.05, 3.63) is 88.5 Å². The van der Waals surface area contributed by atoms with E-state index in [9.17, 15) is 35.9 Å². The Morgan fingerprint density at radius 3 is 2.05 bits per heavy atom. The lowest BCUT2D eigenvalue weighted by Gasteiger charge is -2.15. The van der Waals surface area contributed by atoms with Crippen LogP contribution in [-0.2, 0) is 29.9 Å². The van der Waals surface area contributed by atoms with E-state index in [1.807, 2.05) is 0 Å². The summed E-state index contributed by atoms with van der Waals surface area (Å²) in [5.41, 5.74) is -0.0553. The molecule has 0 bridgehead atoms. The van der Waals surface area contributed by atoms with Crippen LogP contribution in [0.1, 0.15) is 32.6 Å². The molecule has 0 heterocycles. The minimum Gasteiger partial charge on any atom is -0.453 e. The SMILES string of the molecule is COC(=O)N[C@@H]1Cc2ccc(NC(=O)c3cc(C(F)(F)F)ccc3-c3ccc(C(F)(F)F)cc3)cc2C1. The largest absolute Gasteiger partial charge is 0.453 e. The zero-order chi connectivity index (χ0) is 27.0. The van der Waals surface area contributed by atoms with E-state index in [1.165, 1.54) is 7.11 Å². The van der Waals surface area contributed by atoms with Crippen molar-refractivity contribution in [2.45, 2.75) is 31.2 Å². The molecule has 0 spiro atoms. The van der Waals surface area contributed by atoms with Crippen molar-refractivity contribution in [1.82, 2.24) is 5.32 Å². The first-order valence-corrected chi connectivity index (χ1v) is 11.0. The maximum Gasteiger partial charge on any atom is 0.416 e. The number of halogens is 6. The molecular weight excluding hydrogens is 502 g/mol. The van der Waals surface area contributed by atoms with Crippen molar-refractivity contribution in [3.8, 4) is 11.1 Å². The van der Waals surface area contributed by atoms with E-state index >= 15 is 0 Å². The summed E-state index contributed by atoms with van der Waals surface area (Å²) in [5, 5.41) is 5.28. The number of hydrogen-bond donors (Lipinski definition) is 2. The minimum atomic E-state index is -4.73. The van der Waals surface area contributed by atoms with E-state index in [4.69, 9.17) is 0 Å². The molecule has 0 radical (unpaired) electrons. The van der Waals surface area contributed by atoms with Gasteiger partial charge in [0.15, 0.2) is 0 Å². The van der Waals surface area contributed by atoms with Crippen molar-refractivity contribution in [2.75, 3.05) is 12.4 Å². The molecule has 37 heavy (non-hydrogen) atoms. The van der Waals surface area contributed by atoms with Crippen LogP contribution in [0.4, 0.5) is 36.8 Å². The third-order valence-electron chi connectivity index (χ3n) is 6.02. The van der Waals surface area contributed by atoms with Gasteiger partial charge < -0.3 is 15.4 Å². The van der Waals surface area contributed by atoms with Gasteiger partial charge in [-0.15, -0.1) is 0 Å². The summed E-state index contributed by atoms with van der Waals surface area (Å²) in [6.07, 6.45) is -8.88. The molecule has 0 fully saturated rings. The van der Waals surface area contributed by atoms with Gasteiger partial charge in [0, 0.05) is 17.3 Å². The summed E-state index contributed by atoms with van der Waals surface area (Å²) in [5.74, 6) is -0.858. The van der Waals surface area contributed by atoms with Gasteiger partial charge in [-0.3, -0.25) is 4.79 Å². The monoisotopic (exact) mass is 522 g/mol. The van der Waals surface area contributed by atoms with E-state index in [-0.39, 0.29) is 22.7 Å². The number of nitrogens with one attached hydrogen (secondary N) is 2. The molecule has 194 valence electrons. The number of hydrogen-bond acceptors (Lipinski definition) is 3. The molecule has 3 aromatic carbocycles. The first kappa shape index (κ1) is 26.1. The molecule has 1 aliphatic carbocycles. The summed E-state index contributed by atoms with van der Waals surface area (Å²) >= 11 is 0. The predicted octanol–water partition coefficient (Wildman–Crippen LogP) is 6.47. The molecule has 5 nitrogen and oxygen atoms in total. The fourth-order valence-corrected chi connectivity index (χ4v) is 4.22. The van der Waals surface area contributed by atoms with Crippen molar-refractivity contribution in [3.63, 3.8) is 0 Å². The average molecular weight is 522 g/mol. The van der Waals surface area contributed by atoms with Crippen LogP contribution >= 0.6 is 0 Å². The molecular formula is C26H20F6N2O3. The number of rotatable bonds is 4. The van der Waals surface area contributed by atoms with Crippen LogP contribution in [0.3, 0.4) is 0 Å². The van der Waals surface area contributed by atoms with Gasteiger partial charge in [-0.25, -0.2) is 4.79 Å². The summed E-state index contributed by atoms with van der Waals surface area (Å²) in [7, 11) is 1.25. The van der Waals surface area contributed by atoms with E-state index in [1.54, 1.807) is 18.2 Å². The lowest BCUT2D eigenvalue weighted by molar-refractivity contribution is -0.138. The molecule has 0 unspecified atom stereocenters. The van der Waals surface area contributed by atoms with E-state index in [2.05, 4.69) is 15.4 Å². The fraction of sp³-hybridized carbons (Fsp3) is 0.231. The number of alkyl halides is 6. The Morgan fingerprint density at radius 1 is 0.811 bits per heavy atom. The lowest BCUT2D eigenvalue weighted by atomic mass is 9.95. The summed E-state index contributed by atoms with van der Waals surface area (Å²) in [6.45, 7) is 0.